The van der Waals surface area contributed by atoms with Crippen LogP contribution in [0.1, 0.15) is 22.3 Å². The zero-order valence-electron chi connectivity index (χ0n) is 16.2. The van der Waals surface area contributed by atoms with Gasteiger partial charge in [-0.2, -0.15) is 0 Å². The van der Waals surface area contributed by atoms with E-state index in [4.69, 9.17) is 0 Å². The zero-order valence-corrected chi connectivity index (χ0v) is 17.0. The fourth-order valence-corrected chi connectivity index (χ4v) is 5.78. The Bertz CT molecular complexity index is 1370. The first-order valence-corrected chi connectivity index (χ1v) is 10.9. The summed E-state index contributed by atoms with van der Waals surface area (Å²) in [5.74, 6) is 0. The van der Waals surface area contributed by atoms with Crippen LogP contribution in [0.15, 0.2) is 65.6 Å². The molecule has 140 valence electrons. The van der Waals surface area contributed by atoms with Crippen molar-refractivity contribution in [1.82, 2.24) is 0 Å². The number of sulfonamides is 1. The molecule has 0 bridgehead atoms. The van der Waals surface area contributed by atoms with Crippen LogP contribution in [0.2, 0.25) is 0 Å². The third kappa shape index (κ3) is 2.38. The van der Waals surface area contributed by atoms with E-state index in [-0.39, 0.29) is 0 Å². The molecule has 0 aromatic heterocycles. The first kappa shape index (κ1) is 17.3. The Balaban J connectivity index is 1.80. The Labute approximate surface area is 165 Å². The van der Waals surface area contributed by atoms with Crippen LogP contribution in [0.5, 0.6) is 0 Å². The van der Waals surface area contributed by atoms with Crippen molar-refractivity contribution >= 4 is 37.3 Å². The summed E-state index contributed by atoms with van der Waals surface area (Å²) in [6, 6.07) is 19.8. The molecule has 1 aliphatic rings. The zero-order chi connectivity index (χ0) is 19.6. The second-order valence-electron chi connectivity index (χ2n) is 7.74. The fourth-order valence-electron chi connectivity index (χ4n) is 4.26. The highest BCUT2D eigenvalue weighted by Crippen LogP contribution is 2.45. The van der Waals surface area contributed by atoms with Gasteiger partial charge >= 0.3 is 0 Å². The maximum absolute atomic E-state index is 13.5. The van der Waals surface area contributed by atoms with Crippen molar-refractivity contribution in [2.75, 3.05) is 4.31 Å². The van der Waals surface area contributed by atoms with Gasteiger partial charge in [-0.25, -0.2) is 8.42 Å². The maximum atomic E-state index is 13.5. The molecule has 0 N–H and O–H groups in total. The SMILES string of the molecule is Cc1ccc(S(=O)(=O)N2Cc3cc4ccc(C)cc4c4ccc(C)c2c34)cc1. The summed E-state index contributed by atoms with van der Waals surface area (Å²) >= 11 is 0. The monoisotopic (exact) mass is 387 g/mol. The van der Waals surface area contributed by atoms with E-state index in [1.54, 1.807) is 16.4 Å². The number of fused-ring (bicyclic) bond motifs is 2. The van der Waals surface area contributed by atoms with Gasteiger partial charge in [0.2, 0.25) is 0 Å². The topological polar surface area (TPSA) is 37.4 Å². The minimum Gasteiger partial charge on any atom is -0.261 e. The molecule has 0 saturated carbocycles. The lowest BCUT2D eigenvalue weighted by Crippen LogP contribution is -2.28. The highest BCUT2D eigenvalue weighted by molar-refractivity contribution is 7.92. The Hall–Kier alpha value is -2.85. The van der Waals surface area contributed by atoms with Crippen molar-refractivity contribution in [2.45, 2.75) is 32.2 Å². The quantitative estimate of drug-likeness (QED) is 0.418. The molecule has 0 spiro atoms. The van der Waals surface area contributed by atoms with E-state index in [0.717, 1.165) is 38.5 Å². The van der Waals surface area contributed by atoms with Gasteiger partial charge in [0.15, 0.2) is 0 Å². The lowest BCUT2D eigenvalue weighted by atomic mass is 9.95. The molecule has 0 saturated heterocycles. The first-order valence-electron chi connectivity index (χ1n) is 9.41. The molecule has 1 aliphatic heterocycles. The molecule has 4 heteroatoms. The predicted molar refractivity (Wildman–Crippen MR) is 115 cm³/mol. The van der Waals surface area contributed by atoms with Crippen LogP contribution < -0.4 is 4.31 Å². The molecule has 0 aliphatic carbocycles. The van der Waals surface area contributed by atoms with Gasteiger partial charge in [0.05, 0.1) is 17.1 Å². The fraction of sp³-hybridized carbons (Fsp3) is 0.167. The van der Waals surface area contributed by atoms with Gasteiger partial charge in [0.1, 0.15) is 0 Å². The Morgan fingerprint density at radius 3 is 2.25 bits per heavy atom. The predicted octanol–water partition coefficient (Wildman–Crippen LogP) is 5.63. The van der Waals surface area contributed by atoms with Crippen molar-refractivity contribution in [3.8, 4) is 0 Å². The summed E-state index contributed by atoms with van der Waals surface area (Å²) < 4.78 is 28.5. The molecule has 5 rings (SSSR count). The van der Waals surface area contributed by atoms with Crippen molar-refractivity contribution in [3.05, 3.63) is 82.9 Å². The lowest BCUT2D eigenvalue weighted by Gasteiger charge is -2.21. The lowest BCUT2D eigenvalue weighted by molar-refractivity contribution is 0.591. The molecule has 0 fully saturated rings. The number of nitrogens with zero attached hydrogens (tertiary/aromatic N) is 1. The van der Waals surface area contributed by atoms with Crippen molar-refractivity contribution in [2.24, 2.45) is 0 Å². The maximum Gasteiger partial charge on any atom is 0.264 e. The molecule has 4 aromatic rings. The summed E-state index contributed by atoms with van der Waals surface area (Å²) in [6.07, 6.45) is 0. The van der Waals surface area contributed by atoms with Crippen molar-refractivity contribution < 1.29 is 8.42 Å². The van der Waals surface area contributed by atoms with E-state index in [0.29, 0.717) is 11.4 Å². The van der Waals surface area contributed by atoms with Gasteiger partial charge in [0, 0.05) is 5.39 Å². The standard InChI is InChI=1S/C24H21NO2S/c1-15-5-9-20(10-6-15)28(26,27)25-14-19-13-18-8-4-16(2)12-22(18)21-11-7-17(3)24(25)23(19)21/h4-13H,14H2,1-3H3. The van der Waals surface area contributed by atoms with Gasteiger partial charge in [-0.1, -0.05) is 53.6 Å². The molecule has 28 heavy (non-hydrogen) atoms. The van der Waals surface area contributed by atoms with Crippen LogP contribution in [-0.2, 0) is 16.6 Å². The van der Waals surface area contributed by atoms with Crippen LogP contribution in [0.4, 0.5) is 5.69 Å². The smallest absolute Gasteiger partial charge is 0.261 e. The van der Waals surface area contributed by atoms with E-state index in [2.05, 4.69) is 37.3 Å². The van der Waals surface area contributed by atoms with Crippen LogP contribution >= 0.6 is 0 Å². The van der Waals surface area contributed by atoms with E-state index in [1.165, 1.54) is 10.9 Å². The Kier molecular flexibility index (Phi) is 3.59. The summed E-state index contributed by atoms with van der Waals surface area (Å²) in [5, 5.41) is 4.51. The summed E-state index contributed by atoms with van der Waals surface area (Å²) in [7, 11) is -3.63. The number of anilines is 1. The molecule has 0 amide bonds. The third-order valence-electron chi connectivity index (χ3n) is 5.70. The summed E-state index contributed by atoms with van der Waals surface area (Å²) in [4.78, 5) is 0.336. The van der Waals surface area contributed by atoms with Crippen LogP contribution in [0.3, 0.4) is 0 Å². The van der Waals surface area contributed by atoms with Crippen molar-refractivity contribution in [3.63, 3.8) is 0 Å². The molecular weight excluding hydrogens is 366 g/mol. The van der Waals surface area contributed by atoms with E-state index >= 15 is 0 Å². The molecule has 3 nitrogen and oxygen atoms in total. The second-order valence-corrected chi connectivity index (χ2v) is 9.60. The normalized spacial score (nSPS) is 13.6. The van der Waals surface area contributed by atoms with E-state index in [1.807, 2.05) is 32.0 Å². The van der Waals surface area contributed by atoms with Gasteiger partial charge in [-0.05, 0) is 66.3 Å². The molecule has 0 unspecified atom stereocenters. The molecule has 0 radical (unpaired) electrons. The molecular formula is C24H21NO2S. The second kappa shape index (κ2) is 5.82. The Morgan fingerprint density at radius 1 is 0.786 bits per heavy atom. The van der Waals surface area contributed by atoms with Crippen LogP contribution in [0, 0.1) is 20.8 Å². The minimum atomic E-state index is -3.63. The van der Waals surface area contributed by atoms with Gasteiger partial charge in [-0.15, -0.1) is 0 Å². The largest absolute Gasteiger partial charge is 0.264 e. The van der Waals surface area contributed by atoms with Crippen LogP contribution in [0.25, 0.3) is 21.5 Å². The Morgan fingerprint density at radius 2 is 1.50 bits per heavy atom. The van der Waals surface area contributed by atoms with Crippen LogP contribution in [-0.4, -0.2) is 8.42 Å². The number of hydrogen-bond acceptors (Lipinski definition) is 2. The third-order valence-corrected chi connectivity index (χ3v) is 7.46. The number of rotatable bonds is 2. The molecule has 0 atom stereocenters. The highest BCUT2D eigenvalue weighted by Gasteiger charge is 2.33. The highest BCUT2D eigenvalue weighted by atomic mass is 32.2. The van der Waals surface area contributed by atoms with E-state index < -0.39 is 10.0 Å². The summed E-state index contributed by atoms with van der Waals surface area (Å²) in [6.45, 7) is 6.40. The van der Waals surface area contributed by atoms with Gasteiger partial charge in [0.25, 0.3) is 10.0 Å². The average Bonchev–Trinajstić information content (AvgIpc) is 3.06. The minimum absolute atomic E-state index is 0.336. The van der Waals surface area contributed by atoms with Gasteiger partial charge in [-0.3, -0.25) is 4.31 Å². The van der Waals surface area contributed by atoms with Crippen molar-refractivity contribution in [1.29, 1.82) is 0 Å². The first-order chi connectivity index (χ1) is 13.4. The molecule has 4 aromatic carbocycles. The number of aryl methyl sites for hydroxylation is 3. The van der Waals surface area contributed by atoms with Gasteiger partial charge < -0.3 is 0 Å². The van der Waals surface area contributed by atoms with E-state index in [9.17, 15) is 8.42 Å². The number of hydrogen-bond donors (Lipinski definition) is 0. The average molecular weight is 388 g/mol. The number of benzene rings is 4. The molecule has 1 heterocycles. The summed E-state index contributed by atoms with van der Waals surface area (Å²) in [5.41, 5.74) is 5.11.